The number of hydrogen-bond acceptors (Lipinski definition) is 52. The predicted octanol–water partition coefficient (Wildman–Crippen LogP) is -9.48. The van der Waals surface area contributed by atoms with E-state index in [1.807, 2.05) is 13.8 Å². The smallest absolute Gasteiger partial charge is 0.463 e. The summed E-state index contributed by atoms with van der Waals surface area (Å²) in [6.45, 7) is -3.07. The largest absolute Gasteiger partial charge is 0.472 e. The summed E-state index contributed by atoms with van der Waals surface area (Å²) in [5.41, 5.74) is 0.104. The van der Waals surface area contributed by atoms with E-state index in [2.05, 4.69) is 10.3 Å². The lowest BCUT2D eigenvalue weighted by Gasteiger charge is -2.43. The third-order valence-electron chi connectivity index (χ3n) is 22.8. The molecule has 0 saturated carbocycles. The molecule has 17 N–H and O–H groups in total. The maximum Gasteiger partial charge on any atom is 0.472 e. The number of aromatic nitrogens is 3. The molecule has 0 bridgehead atoms. The Bertz CT molecular complexity index is 4660. The molecule has 0 amide bonds. The minimum Gasteiger partial charge on any atom is -0.463 e. The second kappa shape index (κ2) is 50.7. The molecule has 61 nitrogen and oxygen atoms in total. The van der Waals surface area contributed by atoms with Crippen LogP contribution in [-0.4, -0.2) is 492 Å². The molecule has 48 atom stereocenters. The number of hydrogen-bond donors (Lipinski definition) is 17. The van der Waals surface area contributed by atoms with Gasteiger partial charge < -0.3 is 156 Å². The number of carbonyl (C=O) groups excluding carboxylic acids is 2. The first-order valence-electron chi connectivity index (χ1n) is 42.6. The summed E-state index contributed by atoms with van der Waals surface area (Å²) in [5, 5.41) is 104. The fraction of sp³-hybridized carbons (Fsp3) is 0.938. The first kappa shape index (κ1) is 120. The highest BCUT2D eigenvalue weighted by atomic mass is 31.2. The monoisotopic (exact) mass is 2180 g/mol. The second-order valence-electron chi connectivity index (χ2n) is 33.2. The molecular weight excluding hydrogens is 2070 g/mol. The number of nitrogens with zero attached hydrogens (tertiary/aromatic N) is 3. The van der Waals surface area contributed by atoms with Gasteiger partial charge in [-0.05, 0) is 6.92 Å². The van der Waals surface area contributed by atoms with Crippen molar-refractivity contribution < 1.29 is 275 Å². The summed E-state index contributed by atoms with van der Waals surface area (Å²) in [6, 6.07) is -13.5. The Morgan fingerprint density at radius 1 is 0.355 bits per heavy atom. The zero-order chi connectivity index (χ0) is 104. The van der Waals surface area contributed by atoms with Gasteiger partial charge in [-0.3, -0.25) is 82.0 Å². The van der Waals surface area contributed by atoms with Crippen molar-refractivity contribution >= 4 is 137 Å². The van der Waals surface area contributed by atoms with Crippen molar-refractivity contribution in [2.75, 3.05) is 85.9 Å². The molecule has 10 aliphatic heterocycles. The summed E-state index contributed by atoms with van der Waals surface area (Å²) >= 11 is 0. The Kier molecular flexibility index (Phi) is 43.1. The van der Waals surface area contributed by atoms with Gasteiger partial charge in [0.25, 0.3) is 0 Å². The van der Waals surface area contributed by atoms with Gasteiger partial charge in [0.1, 0.15) is 240 Å². The van der Waals surface area contributed by atoms with Crippen molar-refractivity contribution in [2.45, 2.75) is 279 Å². The van der Waals surface area contributed by atoms with Crippen LogP contribution in [0.5, 0.6) is 0 Å². The number of rotatable bonds is 53. The zero-order valence-electron chi connectivity index (χ0n) is 74.7. The quantitative estimate of drug-likeness (QED) is 0.0125. The molecule has 16 radical (unpaired) electrons. The summed E-state index contributed by atoms with van der Waals surface area (Å²) in [7, 11) is 1.66. The van der Waals surface area contributed by atoms with Crippen LogP contribution in [0.3, 0.4) is 0 Å². The van der Waals surface area contributed by atoms with Crippen molar-refractivity contribution in [3.05, 3.63) is 11.9 Å². The van der Waals surface area contributed by atoms with Crippen LogP contribution in [0.25, 0.3) is 0 Å². The van der Waals surface area contributed by atoms with Gasteiger partial charge >= 0.3 is 74.5 Å². The van der Waals surface area contributed by atoms with E-state index in [4.69, 9.17) is 206 Å². The van der Waals surface area contributed by atoms with Crippen molar-refractivity contribution in [3.8, 4) is 0 Å². The molecule has 10 saturated heterocycles. The Labute approximate surface area is 812 Å². The zero-order valence-corrected chi connectivity index (χ0v) is 81.8. The number of phosphoric acid groups is 8. The van der Waals surface area contributed by atoms with E-state index < -0.39 is 372 Å². The van der Waals surface area contributed by atoms with E-state index >= 15 is 0 Å². The lowest BCUT2D eigenvalue weighted by Crippen LogP contribution is -2.53. The number of aliphatic hydroxyl groups excluding tert-OH is 9. The van der Waals surface area contributed by atoms with Crippen LogP contribution < -0.4 is 0 Å². The lowest BCUT2D eigenvalue weighted by molar-refractivity contribution is -0.275. The normalized spacial score (nSPS) is 42.3. The van der Waals surface area contributed by atoms with Crippen molar-refractivity contribution in [1.29, 1.82) is 0 Å². The van der Waals surface area contributed by atoms with E-state index in [9.17, 15) is 131 Å². The first-order valence-corrected chi connectivity index (χ1v) is 54.5. The number of ether oxygens (including phenoxy) is 15. The molecule has 0 spiro atoms. The van der Waals surface area contributed by atoms with Crippen LogP contribution in [0.1, 0.15) is 40.3 Å². The minimum absolute atomic E-state index is 0.0194. The molecule has 21 unspecified atom stereocenters. The van der Waals surface area contributed by atoms with Gasteiger partial charge in [-0.1, -0.05) is 19.1 Å². The van der Waals surface area contributed by atoms with Crippen LogP contribution in [0.15, 0.2) is 6.20 Å². The Hall–Kier alpha value is -1.40. The van der Waals surface area contributed by atoms with E-state index in [0.29, 0.717) is 0 Å². The van der Waals surface area contributed by atoms with Crippen LogP contribution >= 0.6 is 62.6 Å². The van der Waals surface area contributed by atoms with E-state index in [1.54, 1.807) is 0 Å². The molecule has 10 fully saturated rings. The van der Waals surface area contributed by atoms with Gasteiger partial charge in [-0.15, -0.1) is 5.10 Å². The Morgan fingerprint density at radius 3 is 0.986 bits per heavy atom. The SMILES string of the molecule is [B]C1O[C@H](COP(=O)(O)O[C@@H]2[C@H](O)C([B])O[C@@H]2COP(=O)(O)O[C@@H]2[C@H](OCc3cn(CCOCCOC4OC(COC(C)=O)C(OC(C)=O)C(C)C4C)nn3)CO[C@@H]2COP(=O)(O)O[C@@H]2[C@H](O)C([B])O[C@@H]2COP(=O)(O)O[C@@H]2[C@H](O)C([B])O[C@@H]2COP(=O)(O)O[C@@H]2[C@H](O)C([B])O[C@@H]2COP(=O)(O)O[C@@H]2[C@H](O)C([B])O[C@@H]2COP(=O)(O)O[C@@H]2[C@H](O)C([B])O[C@@H]2COP(=O)(O)O[C@@H]2[C@H](O)C([B])O[C@@H]2C)[C@H](O)[C@@H]1O. The van der Waals surface area contributed by atoms with Crippen molar-refractivity contribution in [2.24, 2.45) is 11.8 Å². The average molecular weight is 2180 g/mol. The molecule has 1 aromatic rings. The number of esters is 2. The fourth-order valence-electron chi connectivity index (χ4n) is 15.4. The van der Waals surface area contributed by atoms with Crippen LogP contribution in [0, 0.1) is 11.8 Å². The third-order valence-corrected chi connectivity index (χ3v) is 30.7. The van der Waals surface area contributed by atoms with Crippen LogP contribution in [0.2, 0.25) is 0 Å². The van der Waals surface area contributed by atoms with Gasteiger partial charge in [0.05, 0.1) is 111 Å². The van der Waals surface area contributed by atoms with E-state index in [-0.39, 0.29) is 50.5 Å². The molecule has 1 aromatic heterocycles. The van der Waals surface area contributed by atoms with E-state index in [0.717, 1.165) is 0 Å². The average Bonchev–Trinajstić information content (AvgIpc) is 1.78. The Balaban J connectivity index is 0.662. The standard InChI is InChI=1S/C64H103B8N3O58P8/c1-22-23(2)64(125-31(13-105-25(4)76)47(22)117-26(5)77)104-9-8-103-7-6-75-10-27(73-74-75)11-106-29-12-107-30(49(29)127-135(89,90)111-17-33-50(41(81)58(67)120-33)128-136(91,92)108-14-28-38(78)39(79)56(65)118-28)15-109-137(93,94)129-51-34(121-59(68)42(51)82)18-112-139(97,98)131-53-36(123-61(70)44(53)84)20-114-141(101,102)133-55-37(124-63(72)46(55)86)21-115-140(99,100)132-54-35(122-62(71)45(54)85)19-113-138(95,96)130-52-32(119-60(69)43(52)83)16-110-134(87,88)126-48-24(3)116-57(66)40(48)80/h10,22-24,28-64,78-86H,6-9,11-21H2,1-5H3,(H,87,88)(H,89,90)(H,91,92)(H,93,94)(H,95,96)(H,97,98)(H,99,100)(H,101,102)/t22?,23?,24-,28-,29-,30-,31?,32-,33-,34-,35-,36-,37-,38+,39+,40+,41+,42+,43+,44+,45+,46+,47?,48+,49-,50+,51+,52+,53+,54+,55+,56?,57?,58?,59?,60?,61?,62?,63?,64?/m1/s1. The van der Waals surface area contributed by atoms with E-state index in [1.165, 1.54) is 31.6 Å². The molecule has 11 heterocycles. The second-order valence-corrected chi connectivity index (χ2v) is 44.4. The first-order chi connectivity index (χ1) is 65.6. The Morgan fingerprint density at radius 2 is 0.660 bits per heavy atom. The highest BCUT2D eigenvalue weighted by Crippen LogP contribution is 2.58. The molecule has 141 heavy (non-hydrogen) atoms. The van der Waals surface area contributed by atoms with Crippen molar-refractivity contribution in [3.63, 3.8) is 0 Å². The maximum atomic E-state index is 14.0. The fourth-order valence-corrected chi connectivity index (χ4v) is 23.1. The molecule has 786 valence electrons. The van der Waals surface area contributed by atoms with Crippen LogP contribution in [-0.2, 0) is 203 Å². The van der Waals surface area contributed by atoms with Gasteiger partial charge in [-0.25, -0.2) is 41.2 Å². The maximum absolute atomic E-state index is 14.0. The lowest BCUT2D eigenvalue weighted by atomic mass is 9.84. The summed E-state index contributed by atoms with van der Waals surface area (Å²) in [5.74, 6) is -1.72. The summed E-state index contributed by atoms with van der Waals surface area (Å²) in [4.78, 5) is 111. The number of aliphatic hydroxyl groups is 9. The molecule has 77 heteroatoms. The summed E-state index contributed by atoms with van der Waals surface area (Å²) < 4.78 is 273. The van der Waals surface area contributed by atoms with Gasteiger partial charge in [0.2, 0.25) is 0 Å². The van der Waals surface area contributed by atoms with Crippen LogP contribution in [0.4, 0.5) is 0 Å². The highest BCUT2D eigenvalue weighted by molar-refractivity contribution is 7.49. The molecule has 0 aromatic carbocycles. The van der Waals surface area contributed by atoms with Gasteiger partial charge in [0, 0.05) is 73.7 Å². The molecular formula is C64H103B8N3O58P8. The number of carbonyl (C=O) groups is 2. The predicted molar refractivity (Wildman–Crippen MR) is 455 cm³/mol. The minimum atomic E-state index is -5.73. The number of phosphoric ester groups is 8. The molecule has 11 rings (SSSR count). The van der Waals surface area contributed by atoms with Gasteiger partial charge in [-0.2, -0.15) is 0 Å². The molecule has 10 aliphatic rings. The van der Waals surface area contributed by atoms with Crippen molar-refractivity contribution in [1.82, 2.24) is 15.0 Å². The molecule has 0 aliphatic carbocycles. The topological polar surface area (TPSA) is 831 Å². The highest BCUT2D eigenvalue weighted by Gasteiger charge is 2.58. The third kappa shape index (κ3) is 33.1. The summed E-state index contributed by atoms with van der Waals surface area (Å²) in [6.07, 6.45) is -51.5. The van der Waals surface area contributed by atoms with Gasteiger partial charge in [0.15, 0.2) is 6.29 Å².